The van der Waals surface area contributed by atoms with Crippen LogP contribution in [0.15, 0.2) is 17.1 Å². The summed E-state index contributed by atoms with van der Waals surface area (Å²) in [6.07, 6.45) is 0.0469. The van der Waals surface area contributed by atoms with Crippen LogP contribution in [-0.4, -0.2) is 41.1 Å². The van der Waals surface area contributed by atoms with E-state index < -0.39 is 29.0 Å². The highest BCUT2D eigenvalue weighted by atomic mass is 19.4. The van der Waals surface area contributed by atoms with Crippen LogP contribution < -0.4 is 16.2 Å². The first-order valence-electron chi connectivity index (χ1n) is 7.94. The lowest BCUT2D eigenvalue weighted by molar-refractivity contribution is -0.137. The molecule has 2 aliphatic rings. The number of anilines is 1. The van der Waals surface area contributed by atoms with Crippen molar-refractivity contribution in [2.45, 2.75) is 43.9 Å². The fourth-order valence-electron chi connectivity index (χ4n) is 2.93. The van der Waals surface area contributed by atoms with E-state index >= 15 is 0 Å². The number of aromatic amines is 1. The van der Waals surface area contributed by atoms with E-state index in [9.17, 15) is 22.8 Å². The molecule has 24 heavy (non-hydrogen) atoms. The summed E-state index contributed by atoms with van der Waals surface area (Å²) in [5.74, 6) is 0. The van der Waals surface area contributed by atoms with Gasteiger partial charge in [-0.1, -0.05) is 0 Å². The van der Waals surface area contributed by atoms with Crippen LogP contribution in [0, 0.1) is 0 Å². The van der Waals surface area contributed by atoms with E-state index in [4.69, 9.17) is 0 Å². The summed E-state index contributed by atoms with van der Waals surface area (Å²) < 4.78 is 38.0. The number of carbonyl (C=O) groups is 1. The Kier molecular flexibility index (Phi) is 4.53. The smallest absolute Gasteiger partial charge is 0.335 e. The summed E-state index contributed by atoms with van der Waals surface area (Å²) in [7, 11) is 0. The van der Waals surface area contributed by atoms with Crippen molar-refractivity contribution in [2.75, 3.05) is 18.4 Å². The molecule has 0 bridgehead atoms. The second-order valence-electron chi connectivity index (χ2n) is 6.27. The maximum atomic E-state index is 12.7. The molecule has 1 saturated heterocycles. The maximum Gasteiger partial charge on any atom is 0.417 e. The van der Waals surface area contributed by atoms with Crippen molar-refractivity contribution in [1.82, 2.24) is 15.2 Å². The number of nitrogens with one attached hydrogen (secondary N) is 3. The monoisotopic (exact) mass is 344 g/mol. The van der Waals surface area contributed by atoms with Crippen LogP contribution in [0.25, 0.3) is 0 Å². The van der Waals surface area contributed by atoms with Crippen LogP contribution in [-0.2, 0) is 6.18 Å². The zero-order valence-electron chi connectivity index (χ0n) is 12.9. The maximum absolute atomic E-state index is 12.7. The molecule has 0 aromatic carbocycles. The lowest BCUT2D eigenvalue weighted by atomic mass is 10.1. The quantitative estimate of drug-likeness (QED) is 0.786. The van der Waals surface area contributed by atoms with Gasteiger partial charge in [0.05, 0.1) is 5.56 Å². The van der Waals surface area contributed by atoms with E-state index in [1.165, 1.54) is 12.8 Å². The number of hydrogen-bond acceptors (Lipinski definition) is 3. The van der Waals surface area contributed by atoms with Gasteiger partial charge in [-0.15, -0.1) is 0 Å². The van der Waals surface area contributed by atoms with Gasteiger partial charge in [0.1, 0.15) is 5.69 Å². The summed E-state index contributed by atoms with van der Waals surface area (Å²) >= 11 is 0. The number of amides is 2. The Morgan fingerprint density at radius 2 is 1.88 bits per heavy atom. The number of urea groups is 1. The minimum absolute atomic E-state index is 0.0371. The molecule has 132 valence electrons. The summed E-state index contributed by atoms with van der Waals surface area (Å²) in [6.45, 7) is 1.81. The molecule has 0 spiro atoms. The van der Waals surface area contributed by atoms with Crippen LogP contribution in [0.4, 0.5) is 23.7 Å². The Bertz CT molecular complexity index is 661. The first kappa shape index (κ1) is 16.8. The van der Waals surface area contributed by atoms with Crippen LogP contribution in [0.5, 0.6) is 0 Å². The molecule has 3 N–H and O–H groups in total. The zero-order chi connectivity index (χ0) is 17.3. The van der Waals surface area contributed by atoms with Crippen LogP contribution in [0.1, 0.15) is 31.2 Å². The number of aromatic nitrogens is 1. The van der Waals surface area contributed by atoms with E-state index in [-0.39, 0.29) is 6.04 Å². The van der Waals surface area contributed by atoms with Gasteiger partial charge < -0.3 is 20.5 Å². The van der Waals surface area contributed by atoms with Gasteiger partial charge in [0, 0.05) is 31.4 Å². The Labute approximate surface area is 136 Å². The zero-order valence-corrected chi connectivity index (χ0v) is 12.9. The highest BCUT2D eigenvalue weighted by molar-refractivity contribution is 5.89. The SMILES string of the molecule is O=C(Nc1cc(C(F)(F)F)c[nH]c1=O)NC1CCN(C2CC2)CC1. The molecule has 0 atom stereocenters. The normalized spacial score (nSPS) is 20.0. The van der Waals surface area contributed by atoms with E-state index in [1.54, 1.807) is 0 Å². The van der Waals surface area contributed by atoms with E-state index in [0.717, 1.165) is 25.9 Å². The summed E-state index contributed by atoms with van der Waals surface area (Å²) in [5.41, 5.74) is -2.21. The molecule has 2 fully saturated rings. The van der Waals surface area contributed by atoms with Crippen molar-refractivity contribution < 1.29 is 18.0 Å². The fourth-order valence-corrected chi connectivity index (χ4v) is 2.93. The standard InChI is InChI=1S/C15H19F3N4O2/c16-15(17,18)9-7-12(13(23)19-8-9)21-14(24)20-10-3-5-22(6-4-10)11-1-2-11/h7-8,10-11H,1-6H2,(H,19,23)(H2,20,21,24). The van der Waals surface area contributed by atoms with Gasteiger partial charge in [0.15, 0.2) is 0 Å². The number of pyridine rings is 1. The van der Waals surface area contributed by atoms with E-state index in [1.807, 2.05) is 4.98 Å². The molecule has 3 rings (SSSR count). The van der Waals surface area contributed by atoms with Crippen LogP contribution in [0.2, 0.25) is 0 Å². The number of rotatable bonds is 3. The summed E-state index contributed by atoms with van der Waals surface area (Å²) in [4.78, 5) is 27.9. The van der Waals surface area contributed by atoms with Gasteiger partial charge in [-0.2, -0.15) is 13.2 Å². The topological polar surface area (TPSA) is 77.2 Å². The van der Waals surface area contributed by atoms with Gasteiger partial charge in [-0.25, -0.2) is 4.79 Å². The molecule has 1 saturated carbocycles. The van der Waals surface area contributed by atoms with Gasteiger partial charge in [-0.3, -0.25) is 4.79 Å². The van der Waals surface area contributed by atoms with Crippen molar-refractivity contribution in [3.05, 3.63) is 28.2 Å². The average Bonchev–Trinajstić information content (AvgIpc) is 3.34. The lowest BCUT2D eigenvalue weighted by Crippen LogP contribution is -2.46. The number of carbonyl (C=O) groups excluding carboxylic acids is 1. The lowest BCUT2D eigenvalue weighted by Gasteiger charge is -2.32. The highest BCUT2D eigenvalue weighted by Crippen LogP contribution is 2.30. The highest BCUT2D eigenvalue weighted by Gasteiger charge is 2.33. The van der Waals surface area contributed by atoms with Crippen molar-refractivity contribution in [1.29, 1.82) is 0 Å². The first-order valence-corrected chi connectivity index (χ1v) is 7.94. The minimum Gasteiger partial charge on any atom is -0.335 e. The van der Waals surface area contributed by atoms with Crippen LogP contribution >= 0.6 is 0 Å². The average molecular weight is 344 g/mol. The number of H-pyrrole nitrogens is 1. The Hall–Kier alpha value is -2.03. The summed E-state index contributed by atoms with van der Waals surface area (Å²) in [6, 6.07) is 0.617. The third-order valence-electron chi connectivity index (χ3n) is 4.41. The van der Waals surface area contributed by atoms with Gasteiger partial charge in [-0.05, 0) is 31.7 Å². The second kappa shape index (κ2) is 6.46. The Morgan fingerprint density at radius 3 is 2.46 bits per heavy atom. The third-order valence-corrected chi connectivity index (χ3v) is 4.41. The minimum atomic E-state index is -4.59. The molecule has 0 radical (unpaired) electrons. The molecule has 9 heteroatoms. The molecular formula is C15H19F3N4O2. The molecular weight excluding hydrogens is 325 g/mol. The molecule has 1 aliphatic carbocycles. The Morgan fingerprint density at radius 1 is 1.21 bits per heavy atom. The molecule has 1 aliphatic heterocycles. The van der Waals surface area contributed by atoms with Crippen molar-refractivity contribution in [3.8, 4) is 0 Å². The summed E-state index contributed by atoms with van der Waals surface area (Å²) in [5, 5.41) is 4.93. The number of halogens is 3. The fraction of sp³-hybridized carbons (Fsp3) is 0.600. The number of nitrogens with zero attached hydrogens (tertiary/aromatic N) is 1. The number of piperidine rings is 1. The first-order chi connectivity index (χ1) is 11.3. The van der Waals surface area contributed by atoms with Crippen molar-refractivity contribution in [3.63, 3.8) is 0 Å². The van der Waals surface area contributed by atoms with Gasteiger partial charge in [0.25, 0.3) is 5.56 Å². The molecule has 1 aromatic rings. The third kappa shape index (κ3) is 4.08. The van der Waals surface area contributed by atoms with Gasteiger partial charge >= 0.3 is 12.2 Å². The van der Waals surface area contributed by atoms with E-state index in [2.05, 4.69) is 15.5 Å². The molecule has 6 nitrogen and oxygen atoms in total. The number of hydrogen-bond donors (Lipinski definition) is 3. The van der Waals surface area contributed by atoms with Crippen molar-refractivity contribution in [2.24, 2.45) is 0 Å². The van der Waals surface area contributed by atoms with Gasteiger partial charge in [0.2, 0.25) is 0 Å². The van der Waals surface area contributed by atoms with E-state index in [0.29, 0.717) is 18.3 Å². The Balaban J connectivity index is 1.56. The largest absolute Gasteiger partial charge is 0.417 e. The molecule has 1 aromatic heterocycles. The van der Waals surface area contributed by atoms with Crippen LogP contribution in [0.3, 0.4) is 0 Å². The molecule has 2 amide bonds. The number of alkyl halides is 3. The molecule has 0 unspecified atom stereocenters. The predicted molar refractivity (Wildman–Crippen MR) is 81.8 cm³/mol. The molecule has 2 heterocycles. The second-order valence-corrected chi connectivity index (χ2v) is 6.27. The predicted octanol–water partition coefficient (Wildman–Crippen LogP) is 2.14. The van der Waals surface area contributed by atoms with Crippen molar-refractivity contribution >= 4 is 11.7 Å². The number of likely N-dealkylation sites (tertiary alicyclic amines) is 1.